The molecule has 1 fully saturated rings. The summed E-state index contributed by atoms with van der Waals surface area (Å²) in [5.41, 5.74) is 0.198. The van der Waals surface area contributed by atoms with Gasteiger partial charge in [-0.25, -0.2) is 0 Å². The van der Waals surface area contributed by atoms with Crippen molar-refractivity contribution in [3.63, 3.8) is 0 Å². The number of amides is 1. The number of thioether (sulfide) groups is 1. The average molecular weight is 278 g/mol. The van der Waals surface area contributed by atoms with E-state index < -0.39 is 0 Å². The molecule has 0 spiro atoms. The summed E-state index contributed by atoms with van der Waals surface area (Å²) in [5.74, 6) is 0.798. The molecule has 1 aromatic rings. The maximum Gasteiger partial charge on any atom is 0.232 e. The topological polar surface area (TPSA) is 32.3 Å². The molecule has 0 saturated carbocycles. The van der Waals surface area contributed by atoms with E-state index in [1.54, 1.807) is 11.8 Å². The third-order valence-electron chi connectivity index (χ3n) is 3.93. The number of carbonyl (C=O) groups excluding carboxylic acids is 1. The first kappa shape index (κ1) is 14.4. The van der Waals surface area contributed by atoms with Crippen LogP contribution in [0, 0.1) is 0 Å². The van der Waals surface area contributed by atoms with E-state index in [-0.39, 0.29) is 11.4 Å². The van der Waals surface area contributed by atoms with Crippen LogP contribution in [-0.2, 0) is 4.79 Å². The molecule has 0 atom stereocenters. The number of benzene rings is 1. The molecule has 104 valence electrons. The number of hydrogen-bond donors (Lipinski definition) is 1. The van der Waals surface area contributed by atoms with E-state index in [1.807, 2.05) is 42.3 Å². The third-order valence-corrected chi connectivity index (χ3v) is 4.93. The standard InChI is InChI=1S/C15H22N2OS/c1-15(16-2)8-10-17(11-9-15)14(18)12-19-13-6-4-3-5-7-13/h3-7,16H,8-12H2,1-2H3. The van der Waals surface area contributed by atoms with Gasteiger partial charge in [-0.1, -0.05) is 18.2 Å². The van der Waals surface area contributed by atoms with Gasteiger partial charge in [-0.15, -0.1) is 11.8 Å². The van der Waals surface area contributed by atoms with Gasteiger partial charge in [-0.2, -0.15) is 0 Å². The van der Waals surface area contributed by atoms with Gasteiger partial charge in [0.05, 0.1) is 5.75 Å². The van der Waals surface area contributed by atoms with Gasteiger partial charge in [-0.05, 0) is 38.9 Å². The Morgan fingerprint density at radius 3 is 2.53 bits per heavy atom. The van der Waals surface area contributed by atoms with E-state index in [2.05, 4.69) is 12.2 Å². The molecule has 1 amide bonds. The Kier molecular flexibility index (Phi) is 4.88. The fourth-order valence-electron chi connectivity index (χ4n) is 2.25. The summed E-state index contributed by atoms with van der Waals surface area (Å²) in [6.45, 7) is 3.96. The van der Waals surface area contributed by atoms with E-state index >= 15 is 0 Å². The molecule has 1 saturated heterocycles. The first-order chi connectivity index (χ1) is 9.13. The molecule has 3 nitrogen and oxygen atoms in total. The molecule has 0 radical (unpaired) electrons. The molecule has 1 aliphatic heterocycles. The Morgan fingerprint density at radius 1 is 1.32 bits per heavy atom. The predicted molar refractivity (Wildman–Crippen MR) is 80.4 cm³/mol. The predicted octanol–water partition coefficient (Wildman–Crippen LogP) is 2.38. The quantitative estimate of drug-likeness (QED) is 0.858. The molecule has 2 rings (SSSR count). The highest BCUT2D eigenvalue weighted by atomic mass is 32.2. The Morgan fingerprint density at radius 2 is 1.95 bits per heavy atom. The number of nitrogens with zero attached hydrogens (tertiary/aromatic N) is 1. The largest absolute Gasteiger partial charge is 0.342 e. The van der Waals surface area contributed by atoms with Crippen LogP contribution in [0.1, 0.15) is 19.8 Å². The smallest absolute Gasteiger partial charge is 0.232 e. The highest BCUT2D eigenvalue weighted by Crippen LogP contribution is 2.23. The highest BCUT2D eigenvalue weighted by molar-refractivity contribution is 8.00. The van der Waals surface area contributed by atoms with Crippen LogP contribution in [-0.4, -0.2) is 42.2 Å². The van der Waals surface area contributed by atoms with E-state index in [9.17, 15) is 4.79 Å². The van der Waals surface area contributed by atoms with Gasteiger partial charge in [-0.3, -0.25) is 4.79 Å². The summed E-state index contributed by atoms with van der Waals surface area (Å²) in [6, 6.07) is 10.1. The summed E-state index contributed by atoms with van der Waals surface area (Å²) in [6.07, 6.45) is 2.07. The van der Waals surface area contributed by atoms with Crippen molar-refractivity contribution in [1.82, 2.24) is 10.2 Å². The first-order valence-electron chi connectivity index (χ1n) is 6.77. The Balaban J connectivity index is 1.79. The van der Waals surface area contributed by atoms with E-state index in [4.69, 9.17) is 0 Å². The maximum atomic E-state index is 12.2. The minimum atomic E-state index is 0.198. The molecular formula is C15H22N2OS. The Hall–Kier alpha value is -1.00. The number of nitrogens with one attached hydrogen (secondary N) is 1. The molecule has 0 aromatic heterocycles. The van der Waals surface area contributed by atoms with Gasteiger partial charge in [0, 0.05) is 23.5 Å². The third kappa shape index (κ3) is 3.98. The van der Waals surface area contributed by atoms with E-state index in [0.717, 1.165) is 30.8 Å². The minimum Gasteiger partial charge on any atom is -0.342 e. The van der Waals surface area contributed by atoms with Crippen LogP contribution in [0.5, 0.6) is 0 Å². The molecule has 19 heavy (non-hydrogen) atoms. The molecule has 0 aliphatic carbocycles. The second kappa shape index (κ2) is 6.44. The number of piperidine rings is 1. The molecule has 1 aromatic carbocycles. The van der Waals surface area contributed by atoms with Crippen LogP contribution >= 0.6 is 11.8 Å². The lowest BCUT2D eigenvalue weighted by atomic mass is 9.90. The molecule has 1 N–H and O–H groups in total. The highest BCUT2D eigenvalue weighted by Gasteiger charge is 2.30. The second-order valence-electron chi connectivity index (χ2n) is 5.29. The van der Waals surface area contributed by atoms with Crippen molar-refractivity contribution < 1.29 is 4.79 Å². The maximum absolute atomic E-state index is 12.2. The monoisotopic (exact) mass is 278 g/mol. The van der Waals surface area contributed by atoms with Crippen LogP contribution in [0.3, 0.4) is 0 Å². The Bertz CT molecular complexity index is 413. The molecule has 1 heterocycles. The first-order valence-corrected chi connectivity index (χ1v) is 7.76. The van der Waals surface area contributed by atoms with E-state index in [0.29, 0.717) is 5.75 Å². The van der Waals surface area contributed by atoms with Gasteiger partial charge in [0.25, 0.3) is 0 Å². The molecule has 0 unspecified atom stereocenters. The van der Waals surface area contributed by atoms with Crippen molar-refractivity contribution in [3.8, 4) is 0 Å². The summed E-state index contributed by atoms with van der Waals surface area (Å²) in [4.78, 5) is 15.3. The molecule has 0 bridgehead atoms. The van der Waals surface area contributed by atoms with Crippen molar-refractivity contribution in [2.24, 2.45) is 0 Å². The second-order valence-corrected chi connectivity index (χ2v) is 6.34. The fourth-order valence-corrected chi connectivity index (χ4v) is 3.08. The van der Waals surface area contributed by atoms with Crippen LogP contribution < -0.4 is 5.32 Å². The van der Waals surface area contributed by atoms with Gasteiger partial charge in [0.1, 0.15) is 0 Å². The number of rotatable bonds is 4. The zero-order chi connectivity index (χ0) is 13.7. The normalized spacial score (nSPS) is 18.3. The van der Waals surface area contributed by atoms with E-state index in [1.165, 1.54) is 0 Å². The summed E-state index contributed by atoms with van der Waals surface area (Å²) in [7, 11) is 2.00. The molecule has 1 aliphatic rings. The van der Waals surface area contributed by atoms with Crippen LogP contribution in [0.25, 0.3) is 0 Å². The zero-order valence-corrected chi connectivity index (χ0v) is 12.5. The summed E-state index contributed by atoms with van der Waals surface area (Å²) >= 11 is 1.62. The zero-order valence-electron chi connectivity index (χ0n) is 11.7. The van der Waals surface area contributed by atoms with Gasteiger partial charge >= 0.3 is 0 Å². The lowest BCUT2D eigenvalue weighted by Gasteiger charge is -2.39. The average Bonchev–Trinajstić information content (AvgIpc) is 2.47. The summed E-state index contributed by atoms with van der Waals surface area (Å²) < 4.78 is 0. The SMILES string of the molecule is CNC1(C)CCN(C(=O)CSc2ccccc2)CC1. The van der Waals surface area contributed by atoms with Gasteiger partial charge < -0.3 is 10.2 Å². The molecule has 4 heteroatoms. The van der Waals surface area contributed by atoms with Crippen molar-refractivity contribution in [1.29, 1.82) is 0 Å². The summed E-state index contributed by atoms with van der Waals surface area (Å²) in [5, 5.41) is 3.35. The number of hydrogen-bond acceptors (Lipinski definition) is 3. The lowest BCUT2D eigenvalue weighted by molar-refractivity contribution is -0.129. The van der Waals surface area contributed by atoms with Crippen LogP contribution in [0.4, 0.5) is 0 Å². The number of likely N-dealkylation sites (tertiary alicyclic amines) is 1. The minimum absolute atomic E-state index is 0.198. The Labute approximate surface area is 119 Å². The van der Waals surface area contributed by atoms with Crippen molar-refractivity contribution in [2.75, 3.05) is 25.9 Å². The van der Waals surface area contributed by atoms with Gasteiger partial charge in [0.2, 0.25) is 5.91 Å². The number of carbonyl (C=O) groups is 1. The fraction of sp³-hybridized carbons (Fsp3) is 0.533. The molecular weight excluding hydrogens is 256 g/mol. The van der Waals surface area contributed by atoms with Crippen molar-refractivity contribution in [2.45, 2.75) is 30.2 Å². The van der Waals surface area contributed by atoms with Gasteiger partial charge in [0.15, 0.2) is 0 Å². The van der Waals surface area contributed by atoms with Crippen LogP contribution in [0.2, 0.25) is 0 Å². The van der Waals surface area contributed by atoms with Crippen molar-refractivity contribution >= 4 is 17.7 Å². The lowest BCUT2D eigenvalue weighted by Crippen LogP contribution is -2.51. The van der Waals surface area contributed by atoms with Crippen LogP contribution in [0.15, 0.2) is 35.2 Å². The van der Waals surface area contributed by atoms with Crippen molar-refractivity contribution in [3.05, 3.63) is 30.3 Å².